The molecule has 1 rings (SSSR count). The van der Waals surface area contributed by atoms with Crippen LogP contribution in [0.4, 0.5) is 18.9 Å². The number of hydrogen-bond donors (Lipinski definition) is 0. The molecule has 1 nitrogen and oxygen atoms in total. The van der Waals surface area contributed by atoms with E-state index in [4.69, 9.17) is 6.57 Å². The quantitative estimate of drug-likeness (QED) is 0.544. The van der Waals surface area contributed by atoms with Gasteiger partial charge in [0.05, 0.1) is 6.57 Å². The molecule has 0 bridgehead atoms. The number of alkyl halides is 3. The fourth-order valence-corrected chi connectivity index (χ4v) is 0.991. The van der Waals surface area contributed by atoms with Gasteiger partial charge in [-0.3, -0.25) is 0 Å². The average Bonchev–Trinajstić information content (AvgIpc) is 2.01. The highest BCUT2D eigenvalue weighted by Crippen LogP contribution is 2.32. The molecule has 1 aromatic carbocycles. The molecule has 0 saturated carbocycles. The number of benzene rings is 1. The summed E-state index contributed by atoms with van der Waals surface area (Å²) in [7, 11) is 0. The van der Waals surface area contributed by atoms with Crippen molar-refractivity contribution in [2.45, 2.75) is 13.1 Å². The van der Waals surface area contributed by atoms with Crippen molar-refractivity contribution in [3.05, 3.63) is 40.7 Å². The Kier molecular flexibility index (Phi) is 2.28. The van der Waals surface area contributed by atoms with Crippen molar-refractivity contribution >= 4 is 5.69 Å². The van der Waals surface area contributed by atoms with E-state index >= 15 is 0 Å². The summed E-state index contributed by atoms with van der Waals surface area (Å²) in [4.78, 5) is 2.96. The summed E-state index contributed by atoms with van der Waals surface area (Å²) in [6, 6.07) is 3.29. The Balaban J connectivity index is 3.26. The fourth-order valence-electron chi connectivity index (χ4n) is 0.991. The molecule has 0 spiro atoms. The molecule has 0 aliphatic carbocycles. The molecule has 0 aliphatic heterocycles. The smallest absolute Gasteiger partial charge is 0.238 e. The van der Waals surface area contributed by atoms with E-state index in [1.165, 1.54) is 13.0 Å². The van der Waals surface area contributed by atoms with E-state index < -0.39 is 11.7 Å². The summed E-state index contributed by atoms with van der Waals surface area (Å²) in [5, 5.41) is 0. The standard InChI is InChI=1S/C9H6F3N/c1-6-3-7(9(10,11)12)5-8(4-6)13-2/h3-5H,1H3. The lowest BCUT2D eigenvalue weighted by atomic mass is 10.1. The minimum absolute atomic E-state index is 0.0207. The highest BCUT2D eigenvalue weighted by Gasteiger charge is 2.30. The van der Waals surface area contributed by atoms with Gasteiger partial charge in [-0.2, -0.15) is 13.2 Å². The number of nitrogens with zero attached hydrogens (tertiary/aromatic N) is 1. The zero-order chi connectivity index (χ0) is 10.1. The van der Waals surface area contributed by atoms with Crippen LogP contribution in [0.25, 0.3) is 4.85 Å². The van der Waals surface area contributed by atoms with Gasteiger partial charge >= 0.3 is 6.18 Å². The Morgan fingerprint density at radius 3 is 2.31 bits per heavy atom. The van der Waals surface area contributed by atoms with Crippen LogP contribution in [-0.2, 0) is 6.18 Å². The second-order valence-corrected chi connectivity index (χ2v) is 2.67. The van der Waals surface area contributed by atoms with Crippen LogP contribution in [0.15, 0.2) is 18.2 Å². The average molecular weight is 185 g/mol. The Hall–Kier alpha value is -1.50. The van der Waals surface area contributed by atoms with E-state index in [-0.39, 0.29) is 5.69 Å². The normalized spacial score (nSPS) is 11.0. The van der Waals surface area contributed by atoms with Crippen LogP contribution >= 0.6 is 0 Å². The first kappa shape index (κ1) is 9.59. The maximum atomic E-state index is 12.2. The zero-order valence-electron chi connectivity index (χ0n) is 6.81. The first-order chi connectivity index (χ1) is 5.93. The molecule has 0 radical (unpaired) electrons. The second-order valence-electron chi connectivity index (χ2n) is 2.67. The van der Waals surface area contributed by atoms with Gasteiger partial charge in [-0.15, -0.1) is 0 Å². The van der Waals surface area contributed by atoms with Gasteiger partial charge in [-0.1, -0.05) is 11.6 Å². The molecule has 68 valence electrons. The molecule has 0 unspecified atom stereocenters. The van der Waals surface area contributed by atoms with Gasteiger partial charge in [-0.25, -0.2) is 4.85 Å². The Morgan fingerprint density at radius 1 is 1.23 bits per heavy atom. The largest absolute Gasteiger partial charge is 0.415 e. The SMILES string of the molecule is [C-]#[N+]c1cc(C)cc(C(F)(F)F)c1. The Morgan fingerprint density at radius 2 is 1.85 bits per heavy atom. The number of halogens is 3. The second kappa shape index (κ2) is 3.09. The Bertz CT molecular complexity index is 360. The summed E-state index contributed by atoms with van der Waals surface area (Å²) < 4.78 is 36.5. The number of rotatable bonds is 0. The first-order valence-corrected chi connectivity index (χ1v) is 3.50. The van der Waals surface area contributed by atoms with Crippen LogP contribution in [0, 0.1) is 13.5 Å². The van der Waals surface area contributed by atoms with Crippen LogP contribution in [0.5, 0.6) is 0 Å². The minimum Gasteiger partial charge on any atom is -0.238 e. The number of aryl methyl sites for hydroxylation is 1. The summed E-state index contributed by atoms with van der Waals surface area (Å²) in [5.74, 6) is 0. The van der Waals surface area contributed by atoms with Crippen molar-refractivity contribution in [2.24, 2.45) is 0 Å². The molecule has 1 aromatic rings. The van der Waals surface area contributed by atoms with Crippen molar-refractivity contribution in [3.8, 4) is 0 Å². The third-order valence-electron chi connectivity index (χ3n) is 1.52. The van der Waals surface area contributed by atoms with Crippen LogP contribution in [0.2, 0.25) is 0 Å². The summed E-state index contributed by atoms with van der Waals surface area (Å²) in [6.07, 6.45) is -4.37. The summed E-state index contributed by atoms with van der Waals surface area (Å²) in [6.45, 7) is 8.13. The first-order valence-electron chi connectivity index (χ1n) is 3.50. The topological polar surface area (TPSA) is 4.36 Å². The van der Waals surface area contributed by atoms with Gasteiger partial charge in [0, 0.05) is 5.56 Å². The minimum atomic E-state index is -4.37. The van der Waals surface area contributed by atoms with E-state index in [9.17, 15) is 13.2 Å². The molecular formula is C9H6F3N. The lowest BCUT2D eigenvalue weighted by molar-refractivity contribution is -0.137. The molecule has 4 heteroatoms. The van der Waals surface area contributed by atoms with E-state index in [0.717, 1.165) is 12.1 Å². The molecule has 0 aliphatic rings. The monoisotopic (exact) mass is 185 g/mol. The van der Waals surface area contributed by atoms with Crippen LogP contribution in [-0.4, -0.2) is 0 Å². The maximum absolute atomic E-state index is 12.2. The van der Waals surface area contributed by atoms with Crippen LogP contribution in [0.1, 0.15) is 11.1 Å². The van der Waals surface area contributed by atoms with E-state index in [0.29, 0.717) is 5.56 Å². The van der Waals surface area contributed by atoms with E-state index in [1.54, 1.807) is 0 Å². The predicted molar refractivity (Wildman–Crippen MR) is 42.4 cm³/mol. The third kappa shape index (κ3) is 2.22. The van der Waals surface area contributed by atoms with Crippen molar-refractivity contribution < 1.29 is 13.2 Å². The highest BCUT2D eigenvalue weighted by atomic mass is 19.4. The molecular weight excluding hydrogens is 179 g/mol. The zero-order valence-corrected chi connectivity index (χ0v) is 6.81. The highest BCUT2D eigenvalue weighted by molar-refractivity contribution is 5.50. The van der Waals surface area contributed by atoms with Crippen molar-refractivity contribution in [1.82, 2.24) is 0 Å². The van der Waals surface area contributed by atoms with Gasteiger partial charge in [0.2, 0.25) is 0 Å². The molecule has 0 N–H and O–H groups in total. The lowest BCUT2D eigenvalue weighted by Gasteiger charge is -2.07. The van der Waals surface area contributed by atoms with Gasteiger partial charge in [0.25, 0.3) is 0 Å². The molecule has 13 heavy (non-hydrogen) atoms. The molecule has 0 heterocycles. The van der Waals surface area contributed by atoms with Crippen LogP contribution in [0.3, 0.4) is 0 Å². The predicted octanol–water partition coefficient (Wildman–Crippen LogP) is 3.56. The fraction of sp³-hybridized carbons (Fsp3) is 0.222. The molecule has 0 saturated heterocycles. The van der Waals surface area contributed by atoms with E-state index in [2.05, 4.69) is 4.85 Å². The number of hydrogen-bond acceptors (Lipinski definition) is 0. The third-order valence-corrected chi connectivity index (χ3v) is 1.52. The summed E-state index contributed by atoms with van der Waals surface area (Å²) >= 11 is 0. The van der Waals surface area contributed by atoms with Gasteiger partial charge < -0.3 is 0 Å². The lowest BCUT2D eigenvalue weighted by Crippen LogP contribution is -2.04. The van der Waals surface area contributed by atoms with Gasteiger partial charge in [0.15, 0.2) is 5.69 Å². The molecule has 0 atom stereocenters. The van der Waals surface area contributed by atoms with Gasteiger partial charge in [0.1, 0.15) is 0 Å². The van der Waals surface area contributed by atoms with Crippen molar-refractivity contribution in [1.29, 1.82) is 0 Å². The van der Waals surface area contributed by atoms with E-state index in [1.807, 2.05) is 0 Å². The Labute approximate surface area is 73.6 Å². The van der Waals surface area contributed by atoms with Crippen molar-refractivity contribution in [3.63, 3.8) is 0 Å². The summed E-state index contributed by atoms with van der Waals surface area (Å²) in [5.41, 5.74) is -0.299. The van der Waals surface area contributed by atoms with Gasteiger partial charge in [-0.05, 0) is 19.1 Å². The molecule has 0 fully saturated rings. The maximum Gasteiger partial charge on any atom is 0.415 e. The molecule has 0 aromatic heterocycles. The van der Waals surface area contributed by atoms with Crippen LogP contribution < -0.4 is 0 Å². The molecule has 0 amide bonds. The van der Waals surface area contributed by atoms with Crippen molar-refractivity contribution in [2.75, 3.05) is 0 Å².